The second-order valence-corrected chi connectivity index (χ2v) is 14.3. The molecule has 1 atom stereocenters. The Balaban J connectivity index is 0.988. The first kappa shape index (κ1) is 35.8. The molecule has 0 bridgehead atoms. The number of methoxy groups -OCH3 is 1. The van der Waals surface area contributed by atoms with Crippen LogP contribution >= 0.6 is 0 Å². The van der Waals surface area contributed by atoms with Crippen LogP contribution < -0.4 is 30.1 Å². The average molecular weight is 739 g/mol. The number of nitrogens with one attached hydrogen (secondary N) is 2. The van der Waals surface area contributed by atoms with Crippen molar-refractivity contribution in [2.75, 3.05) is 73.6 Å². The van der Waals surface area contributed by atoms with Gasteiger partial charge in [0.15, 0.2) is 5.82 Å². The molecule has 8 rings (SSSR count). The van der Waals surface area contributed by atoms with Crippen molar-refractivity contribution in [2.45, 2.75) is 50.2 Å². The molecule has 5 heterocycles. The molecule has 3 saturated heterocycles. The number of anilines is 5. The van der Waals surface area contributed by atoms with E-state index in [0.29, 0.717) is 65.0 Å². The van der Waals surface area contributed by atoms with Gasteiger partial charge in [0.05, 0.1) is 36.8 Å². The van der Waals surface area contributed by atoms with Crippen LogP contribution in [-0.4, -0.2) is 101 Å². The van der Waals surface area contributed by atoms with Crippen molar-refractivity contribution in [1.82, 2.24) is 29.5 Å². The number of hydroxylamine groups is 1. The molecule has 1 amide bonds. The number of hydrogen-bond acceptors (Lipinski definition) is 12. The highest BCUT2D eigenvalue weighted by Crippen LogP contribution is 2.41. The summed E-state index contributed by atoms with van der Waals surface area (Å²) in [6.45, 7) is 10.4. The van der Waals surface area contributed by atoms with E-state index in [-0.39, 0.29) is 11.9 Å². The molecule has 15 heteroatoms. The molecule has 2 aromatic heterocycles. The largest absolute Gasteiger partial charge is 0.494 e. The van der Waals surface area contributed by atoms with Gasteiger partial charge in [0.25, 0.3) is 0 Å². The maximum Gasteiger partial charge on any atom is 0.247 e. The van der Waals surface area contributed by atoms with E-state index < -0.39 is 5.82 Å². The summed E-state index contributed by atoms with van der Waals surface area (Å²) < 4.78 is 28.2. The SMILES string of the molecule is C=CC(=O)Nc1cc(Nc2cc(N3OCCC3c3cc(F)cc(Oc4ccn(C)n4)c3)ncn2)c(OC)cc1N1CCC(N2CCN(C3CC3)CC2)CC1. The summed E-state index contributed by atoms with van der Waals surface area (Å²) in [6, 6.07) is 12.9. The van der Waals surface area contributed by atoms with Gasteiger partial charge in [-0.15, -0.1) is 5.10 Å². The van der Waals surface area contributed by atoms with Gasteiger partial charge in [0, 0.05) is 95.3 Å². The molecule has 1 saturated carbocycles. The molecular weight excluding hydrogens is 691 g/mol. The maximum absolute atomic E-state index is 14.9. The van der Waals surface area contributed by atoms with E-state index in [0.717, 1.165) is 50.7 Å². The average Bonchev–Trinajstić information content (AvgIpc) is 3.78. The quantitative estimate of drug-likeness (QED) is 0.175. The predicted octanol–water partition coefficient (Wildman–Crippen LogP) is 5.65. The Morgan fingerprint density at radius 2 is 1.70 bits per heavy atom. The summed E-state index contributed by atoms with van der Waals surface area (Å²) in [6.07, 6.45) is 9.90. The minimum Gasteiger partial charge on any atom is -0.494 e. The van der Waals surface area contributed by atoms with Crippen molar-refractivity contribution in [3.63, 3.8) is 0 Å². The fraction of sp³-hybridized carbons (Fsp3) is 0.436. The highest BCUT2D eigenvalue weighted by Gasteiger charge is 2.34. The molecule has 4 aliphatic rings. The zero-order valence-electron chi connectivity index (χ0n) is 30.8. The Labute approximate surface area is 314 Å². The third-order valence-corrected chi connectivity index (χ3v) is 10.7. The third-order valence-electron chi connectivity index (χ3n) is 10.7. The van der Waals surface area contributed by atoms with Gasteiger partial charge in [-0.05, 0) is 55.5 Å². The van der Waals surface area contributed by atoms with Crippen LogP contribution in [0.15, 0.2) is 67.6 Å². The monoisotopic (exact) mass is 738 g/mol. The topological polar surface area (TPSA) is 125 Å². The van der Waals surface area contributed by atoms with Gasteiger partial charge >= 0.3 is 0 Å². The summed E-state index contributed by atoms with van der Waals surface area (Å²) in [5.74, 6) is 1.52. The van der Waals surface area contributed by atoms with Crippen molar-refractivity contribution >= 4 is 34.6 Å². The lowest BCUT2D eigenvalue weighted by Gasteiger charge is -2.43. The van der Waals surface area contributed by atoms with Gasteiger partial charge in [-0.1, -0.05) is 6.58 Å². The first-order valence-corrected chi connectivity index (χ1v) is 18.7. The molecule has 0 radical (unpaired) electrons. The number of carbonyl (C=O) groups excluding carboxylic acids is 1. The molecular formula is C39H47FN10O4. The number of carbonyl (C=O) groups is 1. The van der Waals surface area contributed by atoms with Gasteiger partial charge in [-0.25, -0.2) is 19.4 Å². The molecule has 2 N–H and O–H groups in total. The lowest BCUT2D eigenvalue weighted by Crippen LogP contribution is -2.53. The highest BCUT2D eigenvalue weighted by molar-refractivity contribution is 6.02. The summed E-state index contributed by atoms with van der Waals surface area (Å²) in [4.78, 5) is 35.3. The standard InChI is InChI=1S/C39H47FN10O4/c1-4-38(51)44-31-22-32(35(52-3)23-34(31)49-12-7-29(8-13-49)48-16-14-47(15-17-48)28-5-6-28)43-36-24-37(42-25-41-36)50-33(10-18-53-50)26-19-27(40)21-30(20-26)54-39-9-11-46(2)45-39/h4,9,11,19-25,28-29,33H,1,5-8,10,12-18H2,2-3H3,(H,44,51)(H,41,42,43). The lowest BCUT2D eigenvalue weighted by atomic mass is 10.0. The maximum atomic E-state index is 14.9. The molecule has 1 unspecified atom stereocenters. The predicted molar refractivity (Wildman–Crippen MR) is 204 cm³/mol. The van der Waals surface area contributed by atoms with Crippen molar-refractivity contribution in [3.8, 4) is 17.4 Å². The third kappa shape index (κ3) is 7.98. The van der Waals surface area contributed by atoms with E-state index in [2.05, 4.69) is 47.0 Å². The summed E-state index contributed by atoms with van der Waals surface area (Å²) in [5, 5.41) is 12.3. The molecule has 284 valence electrons. The van der Waals surface area contributed by atoms with Crippen LogP contribution in [0.4, 0.5) is 33.1 Å². The van der Waals surface area contributed by atoms with Crippen LogP contribution in [0.25, 0.3) is 0 Å². The Hall–Kier alpha value is -5.25. The molecule has 54 heavy (non-hydrogen) atoms. The van der Waals surface area contributed by atoms with Gasteiger partial charge in [0.2, 0.25) is 11.8 Å². The van der Waals surface area contributed by atoms with Crippen LogP contribution in [0.2, 0.25) is 0 Å². The fourth-order valence-corrected chi connectivity index (χ4v) is 7.84. The van der Waals surface area contributed by atoms with Crippen molar-refractivity contribution in [3.05, 3.63) is 79.0 Å². The van der Waals surface area contributed by atoms with Gasteiger partial charge in [0.1, 0.15) is 29.5 Å². The summed E-state index contributed by atoms with van der Waals surface area (Å²) in [7, 11) is 3.41. The number of halogens is 1. The Bertz CT molecular complexity index is 1970. The zero-order valence-corrected chi connectivity index (χ0v) is 30.8. The smallest absolute Gasteiger partial charge is 0.247 e. The Morgan fingerprint density at radius 3 is 2.39 bits per heavy atom. The van der Waals surface area contributed by atoms with Gasteiger partial charge in [-0.2, -0.15) is 0 Å². The second-order valence-electron chi connectivity index (χ2n) is 14.3. The van der Waals surface area contributed by atoms with Crippen LogP contribution in [0.3, 0.4) is 0 Å². The molecule has 3 aliphatic heterocycles. The van der Waals surface area contributed by atoms with E-state index in [1.807, 2.05) is 12.1 Å². The Kier molecular flexibility index (Phi) is 10.3. The van der Waals surface area contributed by atoms with Gasteiger partial charge in [-0.3, -0.25) is 24.1 Å². The summed E-state index contributed by atoms with van der Waals surface area (Å²) in [5.41, 5.74) is 2.81. The minimum absolute atomic E-state index is 0.303. The Morgan fingerprint density at radius 1 is 0.944 bits per heavy atom. The van der Waals surface area contributed by atoms with Crippen LogP contribution in [0.1, 0.15) is 43.7 Å². The first-order valence-electron chi connectivity index (χ1n) is 18.7. The first-order chi connectivity index (χ1) is 26.3. The normalized spacial score (nSPS) is 19.9. The zero-order chi connectivity index (χ0) is 37.2. The number of benzene rings is 2. The number of piperidine rings is 1. The summed E-state index contributed by atoms with van der Waals surface area (Å²) >= 11 is 0. The van der Waals surface area contributed by atoms with E-state index in [1.165, 1.54) is 50.5 Å². The number of amides is 1. The molecule has 1 aliphatic carbocycles. The lowest BCUT2D eigenvalue weighted by molar-refractivity contribution is -0.111. The number of ether oxygens (including phenoxy) is 2. The van der Waals surface area contributed by atoms with Crippen molar-refractivity contribution in [2.24, 2.45) is 7.05 Å². The number of aryl methyl sites for hydroxylation is 1. The molecule has 0 spiro atoms. The van der Waals surface area contributed by atoms with Crippen LogP contribution in [0.5, 0.6) is 17.4 Å². The molecule has 4 fully saturated rings. The van der Waals surface area contributed by atoms with E-state index in [9.17, 15) is 9.18 Å². The van der Waals surface area contributed by atoms with Gasteiger partial charge < -0.3 is 25.0 Å². The van der Waals surface area contributed by atoms with Crippen molar-refractivity contribution < 1.29 is 23.5 Å². The molecule has 14 nitrogen and oxygen atoms in total. The second kappa shape index (κ2) is 15.6. The van der Waals surface area contributed by atoms with Crippen LogP contribution in [-0.2, 0) is 16.7 Å². The van der Waals surface area contributed by atoms with Crippen LogP contribution in [0, 0.1) is 5.82 Å². The minimum atomic E-state index is -0.434. The number of hydrogen-bond donors (Lipinski definition) is 2. The number of aromatic nitrogens is 4. The highest BCUT2D eigenvalue weighted by atomic mass is 19.1. The van der Waals surface area contributed by atoms with Crippen molar-refractivity contribution in [1.29, 1.82) is 0 Å². The van der Waals surface area contributed by atoms with E-state index >= 15 is 0 Å². The number of rotatable bonds is 12. The number of nitrogens with zero attached hydrogens (tertiary/aromatic N) is 8. The van der Waals surface area contributed by atoms with E-state index in [4.69, 9.17) is 14.3 Å². The fourth-order valence-electron chi connectivity index (χ4n) is 7.84. The number of piperazine rings is 1. The molecule has 4 aromatic rings. The molecule has 2 aromatic carbocycles. The van der Waals surface area contributed by atoms with E-state index in [1.54, 1.807) is 48.3 Å².